The van der Waals surface area contributed by atoms with Crippen molar-refractivity contribution < 1.29 is 4.74 Å². The van der Waals surface area contributed by atoms with E-state index in [0.717, 1.165) is 30.5 Å². The molecule has 17 heavy (non-hydrogen) atoms. The average Bonchev–Trinajstić information content (AvgIpc) is 2.75. The Morgan fingerprint density at radius 2 is 2.35 bits per heavy atom. The Kier molecular flexibility index (Phi) is 3.75. The van der Waals surface area contributed by atoms with Crippen LogP contribution in [0.2, 0.25) is 0 Å². The summed E-state index contributed by atoms with van der Waals surface area (Å²) in [5.41, 5.74) is 2.01. The highest BCUT2D eigenvalue weighted by atomic mass is 16.5. The first kappa shape index (κ1) is 11.6. The summed E-state index contributed by atoms with van der Waals surface area (Å²) in [5, 5.41) is 4.23. The topological polar surface area (TPSA) is 39.4 Å². The standard InChI is InChI=1S/C13H17N3O/c1-3-5-9-17-13-12-8-7-11(6-4-2)16(12)15-10-14-13/h4,7-8,10H,2-3,5-6,9H2,1H3. The van der Waals surface area contributed by atoms with E-state index in [-0.39, 0.29) is 0 Å². The number of aromatic nitrogens is 3. The highest BCUT2D eigenvalue weighted by Gasteiger charge is 2.07. The second-order valence-corrected chi connectivity index (χ2v) is 3.88. The maximum atomic E-state index is 5.65. The number of ether oxygens (including phenoxy) is 1. The Morgan fingerprint density at radius 1 is 1.47 bits per heavy atom. The van der Waals surface area contributed by atoms with Crippen molar-refractivity contribution in [3.8, 4) is 5.88 Å². The van der Waals surface area contributed by atoms with Crippen LogP contribution in [-0.2, 0) is 6.42 Å². The monoisotopic (exact) mass is 231 g/mol. The molecule has 0 saturated carbocycles. The van der Waals surface area contributed by atoms with Crippen molar-refractivity contribution in [3.05, 3.63) is 36.8 Å². The van der Waals surface area contributed by atoms with E-state index in [2.05, 4.69) is 23.6 Å². The third-order valence-corrected chi connectivity index (χ3v) is 2.59. The maximum absolute atomic E-state index is 5.65. The summed E-state index contributed by atoms with van der Waals surface area (Å²) in [6.07, 6.45) is 6.34. The summed E-state index contributed by atoms with van der Waals surface area (Å²) in [6.45, 7) is 6.57. The third kappa shape index (κ3) is 2.46. The minimum absolute atomic E-state index is 0.656. The fourth-order valence-corrected chi connectivity index (χ4v) is 1.69. The van der Waals surface area contributed by atoms with Gasteiger partial charge in [-0.3, -0.25) is 0 Å². The van der Waals surface area contributed by atoms with Gasteiger partial charge in [0.05, 0.1) is 6.61 Å². The molecule has 2 aromatic heterocycles. The lowest BCUT2D eigenvalue weighted by atomic mass is 10.3. The van der Waals surface area contributed by atoms with Crippen LogP contribution >= 0.6 is 0 Å². The second-order valence-electron chi connectivity index (χ2n) is 3.88. The van der Waals surface area contributed by atoms with Crippen molar-refractivity contribution in [2.75, 3.05) is 6.61 Å². The molecule has 0 saturated heterocycles. The molecule has 0 bridgehead atoms. The van der Waals surface area contributed by atoms with Gasteiger partial charge in [0.1, 0.15) is 11.8 Å². The van der Waals surface area contributed by atoms with Crippen LogP contribution in [0.1, 0.15) is 25.5 Å². The van der Waals surface area contributed by atoms with Crippen LogP contribution in [0, 0.1) is 0 Å². The van der Waals surface area contributed by atoms with Crippen molar-refractivity contribution in [2.45, 2.75) is 26.2 Å². The van der Waals surface area contributed by atoms with Crippen LogP contribution in [0.4, 0.5) is 0 Å². The lowest BCUT2D eigenvalue weighted by Crippen LogP contribution is -2.03. The molecule has 4 heteroatoms. The first-order chi connectivity index (χ1) is 8.36. The molecule has 0 fully saturated rings. The van der Waals surface area contributed by atoms with E-state index in [1.54, 1.807) is 0 Å². The molecule has 2 aromatic rings. The van der Waals surface area contributed by atoms with E-state index in [9.17, 15) is 0 Å². The molecule has 90 valence electrons. The van der Waals surface area contributed by atoms with Gasteiger partial charge >= 0.3 is 0 Å². The highest BCUT2D eigenvalue weighted by Crippen LogP contribution is 2.18. The van der Waals surface area contributed by atoms with Crippen LogP contribution < -0.4 is 4.74 Å². The SMILES string of the molecule is C=CCc1ccc2c(OCCCC)ncnn12. The van der Waals surface area contributed by atoms with E-state index in [4.69, 9.17) is 4.74 Å². The summed E-state index contributed by atoms with van der Waals surface area (Å²) in [6, 6.07) is 4.01. The molecule has 2 heterocycles. The van der Waals surface area contributed by atoms with Gasteiger partial charge in [-0.2, -0.15) is 10.1 Å². The summed E-state index contributed by atoms with van der Waals surface area (Å²) < 4.78 is 7.51. The van der Waals surface area contributed by atoms with Gasteiger partial charge in [0.25, 0.3) is 0 Å². The largest absolute Gasteiger partial charge is 0.476 e. The minimum Gasteiger partial charge on any atom is -0.476 e. The second kappa shape index (κ2) is 5.48. The quantitative estimate of drug-likeness (QED) is 0.566. The van der Waals surface area contributed by atoms with Crippen molar-refractivity contribution in [3.63, 3.8) is 0 Å². The maximum Gasteiger partial charge on any atom is 0.241 e. The van der Waals surface area contributed by atoms with E-state index >= 15 is 0 Å². The van der Waals surface area contributed by atoms with Gasteiger partial charge in [-0.1, -0.05) is 19.4 Å². The zero-order chi connectivity index (χ0) is 12.1. The number of hydrogen-bond donors (Lipinski definition) is 0. The molecule has 0 amide bonds. The molecule has 2 rings (SSSR count). The number of rotatable bonds is 6. The third-order valence-electron chi connectivity index (χ3n) is 2.59. The molecular formula is C13H17N3O. The van der Waals surface area contributed by atoms with Gasteiger partial charge in [-0.05, 0) is 18.6 Å². The Bertz CT molecular complexity index is 504. The van der Waals surface area contributed by atoms with Crippen LogP contribution in [0.3, 0.4) is 0 Å². The molecule has 4 nitrogen and oxygen atoms in total. The highest BCUT2D eigenvalue weighted by molar-refractivity contribution is 5.57. The first-order valence-corrected chi connectivity index (χ1v) is 5.92. The Morgan fingerprint density at radius 3 is 3.12 bits per heavy atom. The summed E-state index contributed by atoms with van der Waals surface area (Å²) in [7, 11) is 0. The van der Waals surface area contributed by atoms with Crippen LogP contribution in [0.15, 0.2) is 31.1 Å². The predicted molar refractivity (Wildman–Crippen MR) is 67.3 cm³/mol. The molecule has 0 spiro atoms. The van der Waals surface area contributed by atoms with Crippen molar-refractivity contribution >= 4 is 5.52 Å². The van der Waals surface area contributed by atoms with Crippen LogP contribution in [0.25, 0.3) is 5.52 Å². The fourth-order valence-electron chi connectivity index (χ4n) is 1.69. The predicted octanol–water partition coefficient (Wildman–Crippen LogP) is 2.64. The number of hydrogen-bond acceptors (Lipinski definition) is 3. The average molecular weight is 231 g/mol. The number of unbranched alkanes of at least 4 members (excludes halogenated alkanes) is 1. The zero-order valence-corrected chi connectivity index (χ0v) is 10.1. The molecule has 0 aromatic carbocycles. The number of allylic oxidation sites excluding steroid dienone is 1. The van der Waals surface area contributed by atoms with Gasteiger partial charge in [0, 0.05) is 12.1 Å². The van der Waals surface area contributed by atoms with Crippen LogP contribution in [0.5, 0.6) is 5.88 Å². The van der Waals surface area contributed by atoms with Gasteiger partial charge in [-0.25, -0.2) is 4.52 Å². The lowest BCUT2D eigenvalue weighted by Gasteiger charge is -2.06. The van der Waals surface area contributed by atoms with Gasteiger partial charge < -0.3 is 4.74 Å². The van der Waals surface area contributed by atoms with Gasteiger partial charge in [-0.15, -0.1) is 6.58 Å². The van der Waals surface area contributed by atoms with Crippen molar-refractivity contribution in [2.24, 2.45) is 0 Å². The fraction of sp³-hybridized carbons (Fsp3) is 0.385. The number of nitrogens with zero attached hydrogens (tertiary/aromatic N) is 3. The summed E-state index contributed by atoms with van der Waals surface area (Å²) >= 11 is 0. The smallest absolute Gasteiger partial charge is 0.241 e. The van der Waals surface area contributed by atoms with Crippen LogP contribution in [-0.4, -0.2) is 21.2 Å². The minimum atomic E-state index is 0.656. The molecular weight excluding hydrogens is 214 g/mol. The molecule has 0 unspecified atom stereocenters. The van der Waals surface area contributed by atoms with Gasteiger partial charge in [0.15, 0.2) is 0 Å². The van der Waals surface area contributed by atoms with Gasteiger partial charge in [0.2, 0.25) is 5.88 Å². The Balaban J connectivity index is 2.27. The van der Waals surface area contributed by atoms with E-state index in [1.807, 2.05) is 22.7 Å². The molecule has 0 aliphatic rings. The normalized spacial score (nSPS) is 10.6. The molecule has 0 aliphatic heterocycles. The molecule has 0 radical (unpaired) electrons. The zero-order valence-electron chi connectivity index (χ0n) is 10.1. The van der Waals surface area contributed by atoms with Crippen molar-refractivity contribution in [1.82, 2.24) is 14.6 Å². The molecule has 0 N–H and O–H groups in total. The van der Waals surface area contributed by atoms with E-state index < -0.39 is 0 Å². The summed E-state index contributed by atoms with van der Waals surface area (Å²) in [5.74, 6) is 0.656. The Labute approximate surface area is 101 Å². The first-order valence-electron chi connectivity index (χ1n) is 5.92. The molecule has 0 atom stereocenters. The molecule has 0 aliphatic carbocycles. The lowest BCUT2D eigenvalue weighted by molar-refractivity contribution is 0.299. The van der Waals surface area contributed by atoms with Crippen molar-refractivity contribution in [1.29, 1.82) is 0 Å². The van der Waals surface area contributed by atoms with E-state index in [1.165, 1.54) is 6.33 Å². The Hall–Kier alpha value is -1.84. The van der Waals surface area contributed by atoms with E-state index in [0.29, 0.717) is 12.5 Å². The number of fused-ring (bicyclic) bond motifs is 1. The summed E-state index contributed by atoms with van der Waals surface area (Å²) in [4.78, 5) is 4.17.